The molecule has 6 heteroatoms. The second-order valence-electron chi connectivity index (χ2n) is 4.24. The van der Waals surface area contributed by atoms with Gasteiger partial charge in [-0.1, -0.05) is 18.2 Å². The Balaban J connectivity index is 1.98. The van der Waals surface area contributed by atoms with Crippen molar-refractivity contribution in [3.05, 3.63) is 30.3 Å². The highest BCUT2D eigenvalue weighted by molar-refractivity contribution is 5.78. The van der Waals surface area contributed by atoms with Crippen LogP contribution in [0.4, 0.5) is 0 Å². The number of esters is 1. The lowest BCUT2D eigenvalue weighted by molar-refractivity contribution is -0.143. The van der Waals surface area contributed by atoms with Crippen LogP contribution in [0, 0.1) is 0 Å². The van der Waals surface area contributed by atoms with E-state index in [2.05, 4.69) is 10.6 Å². The summed E-state index contributed by atoms with van der Waals surface area (Å²) in [6.07, 6.45) is 0.262. The minimum Gasteiger partial charge on any atom is -0.492 e. The maximum absolute atomic E-state index is 11.5. The molecule has 0 aromatic heterocycles. The molecule has 116 valence electrons. The predicted molar refractivity (Wildman–Crippen MR) is 79.1 cm³/mol. The van der Waals surface area contributed by atoms with Crippen LogP contribution in [0.5, 0.6) is 5.75 Å². The van der Waals surface area contributed by atoms with Crippen LogP contribution in [0.3, 0.4) is 0 Å². The third-order valence-corrected chi connectivity index (χ3v) is 2.53. The van der Waals surface area contributed by atoms with Gasteiger partial charge in [-0.05, 0) is 19.1 Å². The monoisotopic (exact) mass is 294 g/mol. The summed E-state index contributed by atoms with van der Waals surface area (Å²) in [7, 11) is 0. The highest BCUT2D eigenvalue weighted by Crippen LogP contribution is 2.07. The van der Waals surface area contributed by atoms with E-state index in [1.54, 1.807) is 6.92 Å². The smallest absolute Gasteiger partial charge is 0.307 e. The number of hydrogen-bond acceptors (Lipinski definition) is 5. The van der Waals surface area contributed by atoms with Gasteiger partial charge in [-0.2, -0.15) is 0 Å². The standard InChI is InChI=1S/C15H22N2O4/c1-2-20-15(19)8-9-16-12-14(18)17-10-11-21-13-6-4-3-5-7-13/h3-7,16H,2,8-12H2,1H3,(H,17,18). The van der Waals surface area contributed by atoms with Gasteiger partial charge in [-0.25, -0.2) is 0 Å². The van der Waals surface area contributed by atoms with Crippen molar-refractivity contribution < 1.29 is 19.1 Å². The molecule has 6 nitrogen and oxygen atoms in total. The van der Waals surface area contributed by atoms with Crippen LogP contribution >= 0.6 is 0 Å². The average molecular weight is 294 g/mol. The first-order valence-corrected chi connectivity index (χ1v) is 7.03. The van der Waals surface area contributed by atoms with Crippen molar-refractivity contribution in [2.24, 2.45) is 0 Å². The van der Waals surface area contributed by atoms with Crippen LogP contribution < -0.4 is 15.4 Å². The van der Waals surface area contributed by atoms with E-state index >= 15 is 0 Å². The van der Waals surface area contributed by atoms with E-state index in [9.17, 15) is 9.59 Å². The largest absolute Gasteiger partial charge is 0.492 e. The molecule has 1 aromatic rings. The van der Waals surface area contributed by atoms with Gasteiger partial charge in [0.2, 0.25) is 5.91 Å². The first-order valence-electron chi connectivity index (χ1n) is 7.03. The molecule has 1 aromatic carbocycles. The molecule has 1 rings (SSSR count). The van der Waals surface area contributed by atoms with Crippen LogP contribution in [0.15, 0.2) is 30.3 Å². The zero-order chi connectivity index (χ0) is 15.3. The van der Waals surface area contributed by atoms with E-state index in [0.717, 1.165) is 5.75 Å². The van der Waals surface area contributed by atoms with Gasteiger partial charge in [-0.15, -0.1) is 0 Å². The van der Waals surface area contributed by atoms with Gasteiger partial charge in [-0.3, -0.25) is 9.59 Å². The number of carbonyl (C=O) groups is 2. The number of ether oxygens (including phenoxy) is 2. The number of nitrogens with one attached hydrogen (secondary N) is 2. The molecule has 0 aliphatic heterocycles. The van der Waals surface area contributed by atoms with E-state index in [0.29, 0.717) is 26.3 Å². The maximum atomic E-state index is 11.5. The zero-order valence-electron chi connectivity index (χ0n) is 12.3. The molecule has 0 heterocycles. The maximum Gasteiger partial charge on any atom is 0.307 e. The number of amides is 1. The fraction of sp³-hybridized carbons (Fsp3) is 0.467. The van der Waals surface area contributed by atoms with Gasteiger partial charge in [0, 0.05) is 6.54 Å². The second-order valence-corrected chi connectivity index (χ2v) is 4.24. The lowest BCUT2D eigenvalue weighted by atomic mass is 10.3. The topological polar surface area (TPSA) is 76.7 Å². The van der Waals surface area contributed by atoms with Crippen molar-refractivity contribution in [1.29, 1.82) is 0 Å². The Morgan fingerprint density at radius 2 is 1.90 bits per heavy atom. The fourth-order valence-corrected chi connectivity index (χ4v) is 1.56. The summed E-state index contributed by atoms with van der Waals surface area (Å²) in [5, 5.41) is 5.60. The third-order valence-electron chi connectivity index (χ3n) is 2.53. The number of para-hydroxylation sites is 1. The number of hydrogen-bond donors (Lipinski definition) is 2. The quantitative estimate of drug-likeness (QED) is 0.491. The molecule has 0 fully saturated rings. The van der Waals surface area contributed by atoms with Gasteiger partial charge in [0.1, 0.15) is 12.4 Å². The first-order chi connectivity index (χ1) is 10.2. The van der Waals surface area contributed by atoms with Gasteiger partial charge < -0.3 is 20.1 Å². The van der Waals surface area contributed by atoms with Crippen molar-refractivity contribution in [2.45, 2.75) is 13.3 Å². The minimum absolute atomic E-state index is 0.129. The van der Waals surface area contributed by atoms with Crippen LogP contribution in [-0.4, -0.2) is 44.7 Å². The SMILES string of the molecule is CCOC(=O)CCNCC(=O)NCCOc1ccccc1. The molecule has 0 bridgehead atoms. The van der Waals surface area contributed by atoms with Crippen molar-refractivity contribution >= 4 is 11.9 Å². The molecule has 2 N–H and O–H groups in total. The first kappa shape index (κ1) is 17.0. The molecule has 0 saturated heterocycles. The Labute approximate surface area is 124 Å². The van der Waals surface area contributed by atoms with Crippen molar-refractivity contribution in [3.63, 3.8) is 0 Å². The lowest BCUT2D eigenvalue weighted by Crippen LogP contribution is -2.36. The number of carbonyl (C=O) groups excluding carboxylic acids is 2. The highest BCUT2D eigenvalue weighted by Gasteiger charge is 2.03. The summed E-state index contributed by atoms with van der Waals surface area (Å²) in [6.45, 7) is 3.58. The summed E-state index contributed by atoms with van der Waals surface area (Å²) in [4.78, 5) is 22.5. The molecule has 0 aliphatic carbocycles. The highest BCUT2D eigenvalue weighted by atomic mass is 16.5. The summed E-state index contributed by atoms with van der Waals surface area (Å²) in [5.74, 6) is 0.386. The normalized spacial score (nSPS) is 9.95. The Bertz CT molecular complexity index is 423. The summed E-state index contributed by atoms with van der Waals surface area (Å²) in [5.41, 5.74) is 0. The molecule has 0 saturated carbocycles. The van der Waals surface area contributed by atoms with Crippen LogP contribution in [0.25, 0.3) is 0 Å². The fourth-order valence-electron chi connectivity index (χ4n) is 1.56. The van der Waals surface area contributed by atoms with E-state index in [1.165, 1.54) is 0 Å². The Morgan fingerprint density at radius 1 is 1.14 bits per heavy atom. The van der Waals surface area contributed by atoms with E-state index in [4.69, 9.17) is 9.47 Å². The van der Waals surface area contributed by atoms with Gasteiger partial charge in [0.25, 0.3) is 0 Å². The molecule has 0 radical (unpaired) electrons. The summed E-state index contributed by atoms with van der Waals surface area (Å²) in [6, 6.07) is 9.41. The van der Waals surface area contributed by atoms with Gasteiger partial charge >= 0.3 is 5.97 Å². The van der Waals surface area contributed by atoms with E-state index in [1.807, 2.05) is 30.3 Å². The number of benzene rings is 1. The molecule has 0 atom stereocenters. The molecular formula is C15H22N2O4. The second kappa shape index (κ2) is 10.7. The van der Waals surface area contributed by atoms with Crippen LogP contribution in [0.1, 0.15) is 13.3 Å². The van der Waals surface area contributed by atoms with Gasteiger partial charge in [0.05, 0.1) is 26.1 Å². The zero-order valence-corrected chi connectivity index (χ0v) is 12.3. The van der Waals surface area contributed by atoms with Crippen LogP contribution in [-0.2, 0) is 14.3 Å². The summed E-state index contributed by atoms with van der Waals surface area (Å²) < 4.78 is 10.2. The third kappa shape index (κ3) is 8.65. The molecule has 0 unspecified atom stereocenters. The predicted octanol–water partition coefficient (Wildman–Crippen LogP) is 0.724. The average Bonchev–Trinajstić information content (AvgIpc) is 2.49. The van der Waals surface area contributed by atoms with Crippen molar-refractivity contribution in [3.8, 4) is 5.75 Å². The van der Waals surface area contributed by atoms with Gasteiger partial charge in [0.15, 0.2) is 0 Å². The van der Waals surface area contributed by atoms with Crippen LogP contribution in [0.2, 0.25) is 0 Å². The molecule has 0 aliphatic rings. The Morgan fingerprint density at radius 3 is 2.62 bits per heavy atom. The molecule has 0 spiro atoms. The molecular weight excluding hydrogens is 272 g/mol. The summed E-state index contributed by atoms with van der Waals surface area (Å²) >= 11 is 0. The van der Waals surface area contributed by atoms with E-state index < -0.39 is 0 Å². The Kier molecular flexibility index (Phi) is 8.63. The Hall–Kier alpha value is -2.08. The molecule has 21 heavy (non-hydrogen) atoms. The van der Waals surface area contributed by atoms with Crippen molar-refractivity contribution in [1.82, 2.24) is 10.6 Å². The molecule has 1 amide bonds. The minimum atomic E-state index is -0.262. The number of rotatable bonds is 10. The lowest BCUT2D eigenvalue weighted by Gasteiger charge is -2.08. The van der Waals surface area contributed by atoms with Crippen molar-refractivity contribution in [2.75, 3.05) is 32.8 Å². The van der Waals surface area contributed by atoms with E-state index in [-0.39, 0.29) is 24.8 Å².